The van der Waals surface area contributed by atoms with Crippen LogP contribution in [0.15, 0.2) is 41.8 Å². The zero-order valence-corrected chi connectivity index (χ0v) is 11.9. The van der Waals surface area contributed by atoms with E-state index in [1.54, 1.807) is 23.0 Å². The number of benzene rings is 1. The second-order valence-electron chi connectivity index (χ2n) is 5.54. The Morgan fingerprint density at radius 1 is 1.23 bits per heavy atom. The number of hydrogen-bond acceptors (Lipinski definition) is 2. The molecular weight excluding hydrogens is 281 g/mol. The molecule has 0 radical (unpaired) electrons. The van der Waals surface area contributed by atoms with Gasteiger partial charge < -0.3 is 0 Å². The SMILES string of the molecule is C=C1CCCc2nc3n(-c4ccc(F)cc4)[nH]cc-3c(=O)c21. The number of hydrogen-bond donors (Lipinski definition) is 1. The van der Waals surface area contributed by atoms with Crippen LogP contribution in [0.4, 0.5) is 4.39 Å². The summed E-state index contributed by atoms with van der Waals surface area (Å²) >= 11 is 0. The molecule has 1 aliphatic carbocycles. The van der Waals surface area contributed by atoms with Gasteiger partial charge in [0.15, 0.2) is 11.3 Å². The maximum absolute atomic E-state index is 13.1. The van der Waals surface area contributed by atoms with E-state index < -0.39 is 0 Å². The van der Waals surface area contributed by atoms with Gasteiger partial charge in [0.25, 0.3) is 0 Å². The molecule has 2 heterocycles. The molecule has 4 rings (SSSR count). The predicted octanol–water partition coefficient (Wildman–Crippen LogP) is 3.15. The highest BCUT2D eigenvalue weighted by Crippen LogP contribution is 2.30. The van der Waals surface area contributed by atoms with Crippen LogP contribution in [-0.2, 0) is 6.42 Å². The highest BCUT2D eigenvalue weighted by molar-refractivity contribution is 5.73. The van der Waals surface area contributed by atoms with Crippen molar-refractivity contribution in [1.29, 1.82) is 0 Å². The predicted molar refractivity (Wildman–Crippen MR) is 82.7 cm³/mol. The molecule has 3 aliphatic rings. The van der Waals surface area contributed by atoms with Crippen LogP contribution >= 0.6 is 0 Å². The minimum absolute atomic E-state index is 0.0261. The summed E-state index contributed by atoms with van der Waals surface area (Å²) in [7, 11) is 0. The van der Waals surface area contributed by atoms with Gasteiger partial charge in [-0.1, -0.05) is 6.58 Å². The molecule has 0 saturated carbocycles. The third kappa shape index (κ3) is 1.82. The number of fused-ring (bicyclic) bond motifs is 2. The average molecular weight is 295 g/mol. The van der Waals surface area contributed by atoms with Crippen LogP contribution in [0.2, 0.25) is 0 Å². The van der Waals surface area contributed by atoms with Gasteiger partial charge in [0, 0.05) is 11.8 Å². The Bertz CT molecular complexity index is 905. The first kappa shape index (κ1) is 13.0. The summed E-state index contributed by atoms with van der Waals surface area (Å²) in [5.41, 5.74) is 3.59. The number of aryl methyl sites for hydroxylation is 1. The number of aromatic nitrogens is 3. The van der Waals surface area contributed by atoms with E-state index in [9.17, 15) is 9.18 Å². The van der Waals surface area contributed by atoms with Crippen LogP contribution in [0.25, 0.3) is 22.6 Å². The first-order chi connectivity index (χ1) is 10.6. The van der Waals surface area contributed by atoms with Gasteiger partial charge in [0.1, 0.15) is 5.82 Å². The number of aromatic amines is 1. The van der Waals surface area contributed by atoms with Gasteiger partial charge >= 0.3 is 0 Å². The second kappa shape index (κ2) is 4.66. The van der Waals surface area contributed by atoms with Gasteiger partial charge in [-0.2, -0.15) is 0 Å². The van der Waals surface area contributed by atoms with Crippen LogP contribution in [0.1, 0.15) is 24.1 Å². The molecule has 1 aromatic rings. The number of pyridine rings is 1. The van der Waals surface area contributed by atoms with Crippen molar-refractivity contribution in [2.24, 2.45) is 0 Å². The lowest BCUT2D eigenvalue weighted by Crippen LogP contribution is -2.20. The highest BCUT2D eigenvalue weighted by Gasteiger charge is 2.25. The molecule has 0 spiro atoms. The topological polar surface area (TPSA) is 50.7 Å². The number of allylic oxidation sites excluding steroid dienone is 1. The minimum Gasteiger partial charge on any atom is -0.299 e. The standard InChI is InChI=1S/C17H14FN3O/c1-10-3-2-4-14-15(10)16(22)13-9-19-21(17(13)20-14)12-7-5-11(18)6-8-12/h5-9,19H,1-4H2. The first-order valence-electron chi connectivity index (χ1n) is 7.22. The van der Waals surface area contributed by atoms with E-state index in [0.717, 1.165) is 36.2 Å². The van der Waals surface area contributed by atoms with Crippen LogP contribution in [0.3, 0.4) is 0 Å². The van der Waals surface area contributed by atoms with Gasteiger partial charge in [-0.25, -0.2) is 14.1 Å². The number of nitrogens with one attached hydrogen (secondary N) is 1. The number of rotatable bonds is 1. The van der Waals surface area contributed by atoms with E-state index in [0.29, 0.717) is 17.0 Å². The fourth-order valence-corrected chi connectivity index (χ4v) is 3.03. The lowest BCUT2D eigenvalue weighted by Gasteiger charge is -2.18. The van der Waals surface area contributed by atoms with Gasteiger partial charge in [0.2, 0.25) is 0 Å². The van der Waals surface area contributed by atoms with Crippen molar-refractivity contribution in [3.8, 4) is 17.1 Å². The lowest BCUT2D eigenvalue weighted by atomic mass is 9.90. The number of H-pyrrole nitrogens is 1. The Kier molecular flexibility index (Phi) is 2.76. The maximum Gasteiger partial charge on any atom is 0.200 e. The Morgan fingerprint density at radius 3 is 2.77 bits per heavy atom. The van der Waals surface area contributed by atoms with Crippen molar-refractivity contribution in [2.45, 2.75) is 19.3 Å². The van der Waals surface area contributed by atoms with Crippen LogP contribution in [-0.4, -0.2) is 14.8 Å². The zero-order chi connectivity index (χ0) is 15.3. The quantitative estimate of drug-likeness (QED) is 0.749. The highest BCUT2D eigenvalue weighted by atomic mass is 19.1. The summed E-state index contributed by atoms with van der Waals surface area (Å²) in [6, 6.07) is 6.06. The summed E-state index contributed by atoms with van der Waals surface area (Å²) in [5.74, 6) is 0.274. The Labute approximate surface area is 126 Å². The molecule has 1 N–H and O–H groups in total. The molecule has 4 nitrogen and oxygen atoms in total. The Hall–Kier alpha value is -2.69. The zero-order valence-electron chi connectivity index (χ0n) is 11.9. The summed E-state index contributed by atoms with van der Waals surface area (Å²) in [5, 5.41) is 3.03. The molecule has 0 saturated heterocycles. The third-order valence-electron chi connectivity index (χ3n) is 4.12. The van der Waals surface area contributed by atoms with E-state index in [4.69, 9.17) is 0 Å². The Balaban J connectivity index is 1.97. The largest absolute Gasteiger partial charge is 0.299 e. The van der Waals surface area contributed by atoms with Gasteiger partial charge in [-0.05, 0) is 49.1 Å². The monoisotopic (exact) mass is 295 g/mol. The van der Waals surface area contributed by atoms with Crippen molar-refractivity contribution in [2.75, 3.05) is 0 Å². The van der Waals surface area contributed by atoms with Gasteiger partial charge in [0.05, 0.1) is 16.9 Å². The molecule has 22 heavy (non-hydrogen) atoms. The molecule has 110 valence electrons. The van der Waals surface area contributed by atoms with E-state index in [1.165, 1.54) is 12.1 Å². The van der Waals surface area contributed by atoms with Gasteiger partial charge in [-0.3, -0.25) is 9.89 Å². The smallest absolute Gasteiger partial charge is 0.200 e. The normalized spacial score (nSPS) is 14.3. The molecule has 0 amide bonds. The summed E-state index contributed by atoms with van der Waals surface area (Å²) in [4.78, 5) is 17.4. The van der Waals surface area contributed by atoms with Gasteiger partial charge in [-0.15, -0.1) is 0 Å². The van der Waals surface area contributed by atoms with Crippen molar-refractivity contribution < 1.29 is 4.39 Å². The summed E-state index contributed by atoms with van der Waals surface area (Å²) in [6.07, 6.45) is 4.24. The van der Waals surface area contributed by atoms with Crippen LogP contribution in [0.5, 0.6) is 0 Å². The van der Waals surface area contributed by atoms with Crippen molar-refractivity contribution >= 4 is 5.57 Å². The maximum atomic E-state index is 13.1. The number of halogens is 1. The fraction of sp³-hybridized carbons (Fsp3) is 0.176. The average Bonchev–Trinajstić information content (AvgIpc) is 2.92. The molecule has 5 heteroatoms. The van der Waals surface area contributed by atoms with Crippen LogP contribution < -0.4 is 5.43 Å². The molecule has 0 atom stereocenters. The number of nitrogens with zero attached hydrogens (tertiary/aromatic N) is 2. The van der Waals surface area contributed by atoms with Crippen LogP contribution in [0, 0.1) is 5.82 Å². The molecule has 0 aromatic heterocycles. The molecule has 0 unspecified atom stereocenters. The molecule has 1 aromatic carbocycles. The molecule has 0 bridgehead atoms. The Morgan fingerprint density at radius 2 is 2.00 bits per heavy atom. The van der Waals surface area contributed by atoms with E-state index in [1.807, 2.05) is 0 Å². The second-order valence-corrected chi connectivity index (χ2v) is 5.54. The lowest BCUT2D eigenvalue weighted by molar-refractivity contribution is 0.627. The molecule has 0 fully saturated rings. The van der Waals surface area contributed by atoms with E-state index in [2.05, 4.69) is 16.7 Å². The molecular formula is C17H14FN3O. The third-order valence-corrected chi connectivity index (χ3v) is 4.12. The van der Waals surface area contributed by atoms with E-state index in [-0.39, 0.29) is 11.2 Å². The summed E-state index contributed by atoms with van der Waals surface area (Å²) < 4.78 is 14.8. The van der Waals surface area contributed by atoms with Crippen molar-refractivity contribution in [3.63, 3.8) is 0 Å². The molecule has 2 aliphatic heterocycles. The van der Waals surface area contributed by atoms with Crippen molar-refractivity contribution in [3.05, 3.63) is 64.3 Å². The summed E-state index contributed by atoms with van der Waals surface area (Å²) in [6.45, 7) is 4.00. The fourth-order valence-electron chi connectivity index (χ4n) is 3.03. The van der Waals surface area contributed by atoms with Crippen molar-refractivity contribution in [1.82, 2.24) is 14.8 Å². The minimum atomic E-state index is -0.300. The van der Waals surface area contributed by atoms with E-state index >= 15 is 0 Å². The first-order valence-corrected chi connectivity index (χ1v) is 7.22.